The van der Waals surface area contributed by atoms with Gasteiger partial charge in [0.25, 0.3) is 0 Å². The van der Waals surface area contributed by atoms with E-state index in [0.717, 1.165) is 22.5 Å². The molecule has 3 aromatic carbocycles. The van der Waals surface area contributed by atoms with Gasteiger partial charge in [-0.3, -0.25) is 14.5 Å². The summed E-state index contributed by atoms with van der Waals surface area (Å²) >= 11 is 1.62. The van der Waals surface area contributed by atoms with Crippen molar-refractivity contribution in [2.24, 2.45) is 0 Å². The van der Waals surface area contributed by atoms with Gasteiger partial charge >= 0.3 is 0 Å². The van der Waals surface area contributed by atoms with Gasteiger partial charge in [-0.15, -0.1) is 11.8 Å². The van der Waals surface area contributed by atoms with E-state index in [1.807, 2.05) is 71.6 Å². The molecule has 1 aliphatic rings. The predicted molar refractivity (Wildman–Crippen MR) is 133 cm³/mol. The minimum atomic E-state index is -0.103. The van der Waals surface area contributed by atoms with Gasteiger partial charge in [-0.1, -0.05) is 68.4 Å². The summed E-state index contributed by atoms with van der Waals surface area (Å²) < 4.78 is 0. The number of amides is 2. The first-order chi connectivity index (χ1) is 15.5. The highest BCUT2D eigenvalue weighted by molar-refractivity contribution is 8.00. The highest BCUT2D eigenvalue weighted by Crippen LogP contribution is 2.42. The molecular weight excluding hydrogens is 416 g/mol. The summed E-state index contributed by atoms with van der Waals surface area (Å²) in [5.41, 5.74) is 5.08. The summed E-state index contributed by atoms with van der Waals surface area (Å²) in [5.74, 6) is 0.993. The van der Waals surface area contributed by atoms with Crippen LogP contribution in [-0.4, -0.2) is 17.6 Å². The number of hydrogen-bond donors (Lipinski definition) is 1. The van der Waals surface area contributed by atoms with Gasteiger partial charge in [0.05, 0.1) is 5.75 Å². The molecule has 0 bridgehead atoms. The molecule has 1 N–H and O–H groups in total. The molecule has 4 rings (SSSR count). The largest absolute Gasteiger partial charge is 0.326 e. The number of anilines is 2. The van der Waals surface area contributed by atoms with Crippen molar-refractivity contribution < 1.29 is 9.59 Å². The van der Waals surface area contributed by atoms with Gasteiger partial charge in [0.1, 0.15) is 5.37 Å². The zero-order chi connectivity index (χ0) is 22.5. The summed E-state index contributed by atoms with van der Waals surface area (Å²) in [4.78, 5) is 27.0. The lowest BCUT2D eigenvalue weighted by Gasteiger charge is -2.25. The Kier molecular flexibility index (Phi) is 6.96. The van der Waals surface area contributed by atoms with Gasteiger partial charge in [-0.25, -0.2) is 0 Å². The Labute approximate surface area is 194 Å². The number of rotatable bonds is 7. The molecule has 164 valence electrons. The number of benzene rings is 3. The van der Waals surface area contributed by atoms with Gasteiger partial charge < -0.3 is 5.32 Å². The minimum absolute atomic E-state index is 0.0118. The molecule has 0 spiro atoms. The number of aryl methyl sites for hydroxylation is 1. The molecule has 0 unspecified atom stereocenters. The van der Waals surface area contributed by atoms with Crippen molar-refractivity contribution in [2.45, 2.75) is 38.0 Å². The SMILES string of the molecule is CC(C)c1ccc(N2C(=O)CS[C@@H]2c2cccc(NC(=O)CCc3ccccc3)c2)cc1. The van der Waals surface area contributed by atoms with Gasteiger partial charge in [0, 0.05) is 17.8 Å². The van der Waals surface area contributed by atoms with Crippen molar-refractivity contribution in [3.05, 3.63) is 95.6 Å². The molecular formula is C27H28N2O2S. The predicted octanol–water partition coefficient (Wildman–Crippen LogP) is 6.16. The first-order valence-electron chi connectivity index (χ1n) is 11.0. The van der Waals surface area contributed by atoms with Crippen LogP contribution in [0.25, 0.3) is 0 Å². The number of carbonyl (C=O) groups excluding carboxylic acids is 2. The third-order valence-corrected chi connectivity index (χ3v) is 6.86. The second-order valence-corrected chi connectivity index (χ2v) is 9.40. The zero-order valence-corrected chi connectivity index (χ0v) is 19.3. The van der Waals surface area contributed by atoms with E-state index < -0.39 is 0 Å². The lowest BCUT2D eigenvalue weighted by molar-refractivity contribution is -0.116. The van der Waals surface area contributed by atoms with Gasteiger partial charge in [0.2, 0.25) is 11.8 Å². The normalized spacial score (nSPS) is 15.9. The molecule has 1 saturated heterocycles. The van der Waals surface area contributed by atoms with E-state index in [2.05, 4.69) is 31.3 Å². The number of nitrogens with zero attached hydrogens (tertiary/aromatic N) is 1. The number of thioether (sulfide) groups is 1. The van der Waals surface area contributed by atoms with Gasteiger partial charge in [0.15, 0.2) is 0 Å². The minimum Gasteiger partial charge on any atom is -0.326 e. The van der Waals surface area contributed by atoms with Crippen molar-refractivity contribution in [2.75, 3.05) is 16.0 Å². The van der Waals surface area contributed by atoms with E-state index in [-0.39, 0.29) is 17.2 Å². The highest BCUT2D eigenvalue weighted by atomic mass is 32.2. The van der Waals surface area contributed by atoms with Crippen LogP contribution in [-0.2, 0) is 16.0 Å². The Morgan fingerprint density at radius 3 is 2.50 bits per heavy atom. The molecule has 2 amide bonds. The quantitative estimate of drug-likeness (QED) is 0.475. The summed E-state index contributed by atoms with van der Waals surface area (Å²) in [6.07, 6.45) is 1.14. The summed E-state index contributed by atoms with van der Waals surface area (Å²) in [7, 11) is 0. The third kappa shape index (κ3) is 5.22. The molecule has 1 atom stereocenters. The van der Waals surface area contributed by atoms with Crippen molar-refractivity contribution in [3.63, 3.8) is 0 Å². The average Bonchev–Trinajstić information content (AvgIpc) is 3.20. The maximum Gasteiger partial charge on any atom is 0.238 e. The van der Waals surface area contributed by atoms with E-state index in [1.165, 1.54) is 5.56 Å². The van der Waals surface area contributed by atoms with Crippen LogP contribution in [0, 0.1) is 0 Å². The summed E-state index contributed by atoms with van der Waals surface area (Å²) in [5, 5.41) is 2.91. The van der Waals surface area contributed by atoms with Crippen molar-refractivity contribution >= 4 is 35.0 Å². The van der Waals surface area contributed by atoms with E-state index in [4.69, 9.17) is 0 Å². The van der Waals surface area contributed by atoms with Crippen LogP contribution in [0.15, 0.2) is 78.9 Å². The van der Waals surface area contributed by atoms with Crippen molar-refractivity contribution in [3.8, 4) is 0 Å². The van der Waals surface area contributed by atoms with Gasteiger partial charge in [-0.05, 0) is 53.3 Å². The maximum atomic E-state index is 12.7. The maximum absolute atomic E-state index is 12.7. The van der Waals surface area contributed by atoms with Crippen LogP contribution in [0.2, 0.25) is 0 Å². The van der Waals surface area contributed by atoms with Crippen molar-refractivity contribution in [1.82, 2.24) is 0 Å². The Bertz CT molecular complexity index is 1080. The number of nitrogens with one attached hydrogen (secondary N) is 1. The third-order valence-electron chi connectivity index (χ3n) is 5.64. The molecule has 0 aliphatic carbocycles. The fourth-order valence-corrected chi connectivity index (χ4v) is 5.03. The molecule has 5 heteroatoms. The Morgan fingerprint density at radius 1 is 1.03 bits per heavy atom. The molecule has 4 nitrogen and oxygen atoms in total. The lowest BCUT2D eigenvalue weighted by Crippen LogP contribution is -2.27. The van der Waals surface area contributed by atoms with Crippen LogP contribution >= 0.6 is 11.8 Å². The molecule has 3 aromatic rings. The zero-order valence-electron chi connectivity index (χ0n) is 18.5. The van der Waals surface area contributed by atoms with Crippen LogP contribution < -0.4 is 10.2 Å². The second kappa shape index (κ2) is 10.0. The van der Waals surface area contributed by atoms with Crippen LogP contribution in [0.4, 0.5) is 11.4 Å². The highest BCUT2D eigenvalue weighted by Gasteiger charge is 2.34. The Hall–Kier alpha value is -3.05. The fraction of sp³-hybridized carbons (Fsp3) is 0.259. The molecule has 1 aliphatic heterocycles. The monoisotopic (exact) mass is 444 g/mol. The van der Waals surface area contributed by atoms with Crippen LogP contribution in [0.5, 0.6) is 0 Å². The lowest BCUT2D eigenvalue weighted by atomic mass is 10.0. The van der Waals surface area contributed by atoms with Crippen LogP contribution in [0.1, 0.15) is 48.3 Å². The Balaban J connectivity index is 1.46. The first kappa shape index (κ1) is 22.2. The standard InChI is InChI=1S/C27H28N2O2S/c1-19(2)21-12-14-24(15-13-21)29-26(31)18-32-27(29)22-9-6-10-23(17-22)28-25(30)16-11-20-7-4-3-5-8-20/h3-10,12-15,17,19,27H,11,16,18H2,1-2H3,(H,28,30)/t27-/m1/s1. The summed E-state index contributed by atoms with van der Waals surface area (Å²) in [6, 6.07) is 26.1. The van der Waals surface area contributed by atoms with E-state index in [1.54, 1.807) is 11.8 Å². The fourth-order valence-electron chi connectivity index (χ4n) is 3.87. The molecule has 0 aromatic heterocycles. The molecule has 0 radical (unpaired) electrons. The molecule has 1 heterocycles. The van der Waals surface area contributed by atoms with E-state index in [9.17, 15) is 9.59 Å². The first-order valence-corrected chi connectivity index (χ1v) is 12.0. The van der Waals surface area contributed by atoms with E-state index >= 15 is 0 Å². The molecule has 1 fully saturated rings. The molecule has 0 saturated carbocycles. The number of carbonyl (C=O) groups is 2. The molecule has 32 heavy (non-hydrogen) atoms. The second-order valence-electron chi connectivity index (χ2n) is 8.33. The van der Waals surface area contributed by atoms with Crippen molar-refractivity contribution in [1.29, 1.82) is 0 Å². The topological polar surface area (TPSA) is 49.4 Å². The summed E-state index contributed by atoms with van der Waals surface area (Å²) in [6.45, 7) is 4.32. The number of hydrogen-bond acceptors (Lipinski definition) is 3. The average molecular weight is 445 g/mol. The smallest absolute Gasteiger partial charge is 0.238 e. The Morgan fingerprint density at radius 2 is 1.78 bits per heavy atom. The van der Waals surface area contributed by atoms with Gasteiger partial charge in [-0.2, -0.15) is 0 Å². The van der Waals surface area contributed by atoms with E-state index in [0.29, 0.717) is 24.5 Å². The van der Waals surface area contributed by atoms with Crippen LogP contribution in [0.3, 0.4) is 0 Å².